The van der Waals surface area contributed by atoms with Gasteiger partial charge in [0.25, 0.3) is 0 Å². The Balaban J connectivity index is 5.26. The van der Waals surface area contributed by atoms with Crippen LogP contribution in [0.15, 0.2) is 0 Å². The van der Waals surface area contributed by atoms with Crippen LogP contribution in [0.4, 0.5) is 0 Å². The van der Waals surface area contributed by atoms with Crippen molar-refractivity contribution in [1.82, 2.24) is 0 Å². The third-order valence-electron chi connectivity index (χ3n) is 16.4. The van der Waals surface area contributed by atoms with Crippen LogP contribution < -0.4 is 0 Å². The Hall–Kier alpha value is -1.94. The van der Waals surface area contributed by atoms with E-state index in [1.165, 1.54) is 141 Å². The highest BCUT2D eigenvalue weighted by Crippen LogP contribution is 2.45. The average Bonchev–Trinajstić information content (AvgIpc) is 3.67. The number of esters is 4. The van der Waals surface area contributed by atoms with Crippen LogP contribution in [0, 0.1) is 23.7 Å². The van der Waals surface area contributed by atoms with Gasteiger partial charge in [-0.1, -0.05) is 293 Å². The molecule has 89 heavy (non-hydrogen) atoms. The predicted molar refractivity (Wildman–Crippen MR) is 358 cm³/mol. The number of ether oxygens (including phenoxy) is 4. The summed E-state index contributed by atoms with van der Waals surface area (Å²) in [5.41, 5.74) is 0. The van der Waals surface area contributed by atoms with Gasteiger partial charge < -0.3 is 33.8 Å². The number of carbonyl (C=O) groups is 4. The standard InChI is InChI=1S/C70H136O17P2/c1-9-63(8)49-41-33-24-18-13-14-20-27-37-45-53-70(75)87-66(57-81-68(73)51-43-35-29-28-32-40-48-62(6)7)59-85-89(78,79)83-55-64(71)54-82-88(76,77)84-58-65(56-80-67(72)50-42-34-25-21-15-17-23-31-39-47-61(4)5)86-69(74)52-44-36-26-19-12-10-11-16-22-30-38-46-60(2)3/h60-66,71H,9-59H2,1-8H3,(H,76,77)(H,78,79)/t63?,64-,65-,66-/m1/s1. The number of aliphatic hydroxyl groups is 1. The fourth-order valence-electron chi connectivity index (χ4n) is 10.5. The summed E-state index contributed by atoms with van der Waals surface area (Å²) in [6, 6.07) is 0. The molecule has 0 spiro atoms. The van der Waals surface area contributed by atoms with Gasteiger partial charge in [0, 0.05) is 25.7 Å². The summed E-state index contributed by atoms with van der Waals surface area (Å²) in [7, 11) is -9.90. The summed E-state index contributed by atoms with van der Waals surface area (Å²) in [6.45, 7) is 14.1. The molecule has 0 aromatic rings. The number of hydrogen-bond acceptors (Lipinski definition) is 15. The predicted octanol–water partition coefficient (Wildman–Crippen LogP) is 19.7. The van der Waals surface area contributed by atoms with Crippen LogP contribution in [0.25, 0.3) is 0 Å². The first-order chi connectivity index (χ1) is 42.6. The van der Waals surface area contributed by atoms with E-state index in [-0.39, 0.29) is 25.7 Å². The van der Waals surface area contributed by atoms with E-state index in [1.807, 2.05) is 0 Å². The molecular formula is C70H136O17P2. The average molecular weight is 1310 g/mol. The molecule has 0 aliphatic rings. The Bertz CT molecular complexity index is 1770. The van der Waals surface area contributed by atoms with Crippen molar-refractivity contribution in [3.8, 4) is 0 Å². The Morgan fingerprint density at radius 1 is 0.315 bits per heavy atom. The van der Waals surface area contributed by atoms with E-state index in [1.54, 1.807) is 0 Å². The van der Waals surface area contributed by atoms with Crippen molar-refractivity contribution >= 4 is 39.5 Å². The van der Waals surface area contributed by atoms with E-state index in [2.05, 4.69) is 55.4 Å². The second-order valence-electron chi connectivity index (χ2n) is 26.9. The number of phosphoric acid groups is 2. The fraction of sp³-hybridized carbons (Fsp3) is 0.943. The third kappa shape index (κ3) is 63.2. The monoisotopic (exact) mass is 1310 g/mol. The number of hydrogen-bond donors (Lipinski definition) is 3. The zero-order valence-electron chi connectivity index (χ0n) is 58.1. The Morgan fingerprint density at radius 3 is 0.798 bits per heavy atom. The van der Waals surface area contributed by atoms with E-state index >= 15 is 0 Å². The molecular weight excluding hydrogens is 1170 g/mol. The number of aliphatic hydroxyl groups excluding tert-OH is 1. The number of carbonyl (C=O) groups excluding carboxylic acids is 4. The molecule has 0 saturated carbocycles. The van der Waals surface area contributed by atoms with Crippen molar-refractivity contribution in [2.75, 3.05) is 39.6 Å². The Morgan fingerprint density at radius 2 is 0.539 bits per heavy atom. The second-order valence-corrected chi connectivity index (χ2v) is 29.8. The zero-order chi connectivity index (χ0) is 66.1. The summed E-state index contributed by atoms with van der Waals surface area (Å²) in [4.78, 5) is 72.5. The van der Waals surface area contributed by atoms with Crippen LogP contribution in [0.2, 0.25) is 0 Å². The lowest BCUT2D eigenvalue weighted by Crippen LogP contribution is -2.30. The third-order valence-corrected chi connectivity index (χ3v) is 18.3. The molecule has 0 amide bonds. The van der Waals surface area contributed by atoms with Crippen molar-refractivity contribution in [3.63, 3.8) is 0 Å². The molecule has 6 atom stereocenters. The van der Waals surface area contributed by atoms with Crippen LogP contribution in [0.3, 0.4) is 0 Å². The van der Waals surface area contributed by atoms with E-state index < -0.39 is 97.5 Å². The SMILES string of the molecule is CCC(C)CCCCCCCCCCCCC(=O)O[C@H](COC(=O)CCCCCCCCC(C)C)COP(=O)(O)OC[C@H](O)COP(=O)(O)OC[C@@H](COC(=O)CCCCCCCCCCCC(C)C)OC(=O)CCCCCCCCCCCCCC(C)C. The lowest BCUT2D eigenvalue weighted by atomic mass is 9.99. The van der Waals surface area contributed by atoms with Gasteiger partial charge in [-0.2, -0.15) is 0 Å². The van der Waals surface area contributed by atoms with Gasteiger partial charge >= 0.3 is 39.5 Å². The molecule has 528 valence electrons. The molecule has 0 rings (SSSR count). The maximum Gasteiger partial charge on any atom is 0.472 e. The molecule has 19 heteroatoms. The molecule has 17 nitrogen and oxygen atoms in total. The van der Waals surface area contributed by atoms with E-state index in [9.17, 15) is 43.2 Å². The first-order valence-corrected chi connectivity index (χ1v) is 39.2. The van der Waals surface area contributed by atoms with Gasteiger partial charge in [-0.3, -0.25) is 37.3 Å². The zero-order valence-corrected chi connectivity index (χ0v) is 59.8. The maximum absolute atomic E-state index is 13.0. The highest BCUT2D eigenvalue weighted by molar-refractivity contribution is 7.47. The fourth-order valence-corrected chi connectivity index (χ4v) is 12.0. The number of rotatable bonds is 67. The Labute approximate surface area is 543 Å². The number of unbranched alkanes of at least 4 members (excludes halogenated alkanes) is 32. The molecule has 0 saturated heterocycles. The van der Waals surface area contributed by atoms with Crippen molar-refractivity contribution in [1.29, 1.82) is 0 Å². The van der Waals surface area contributed by atoms with Gasteiger partial charge in [0.2, 0.25) is 0 Å². The van der Waals surface area contributed by atoms with Gasteiger partial charge in [-0.25, -0.2) is 9.13 Å². The van der Waals surface area contributed by atoms with Gasteiger partial charge in [-0.05, 0) is 49.4 Å². The quantitative estimate of drug-likeness (QED) is 0.0222. The van der Waals surface area contributed by atoms with Gasteiger partial charge in [0.05, 0.1) is 26.4 Å². The minimum Gasteiger partial charge on any atom is -0.462 e. The smallest absolute Gasteiger partial charge is 0.462 e. The van der Waals surface area contributed by atoms with Crippen LogP contribution >= 0.6 is 15.6 Å². The van der Waals surface area contributed by atoms with E-state index in [0.717, 1.165) is 114 Å². The molecule has 0 aliphatic carbocycles. The highest BCUT2D eigenvalue weighted by atomic mass is 31.2. The van der Waals surface area contributed by atoms with Crippen molar-refractivity contribution in [2.45, 2.75) is 363 Å². The first kappa shape index (κ1) is 87.1. The highest BCUT2D eigenvalue weighted by Gasteiger charge is 2.30. The molecule has 0 bridgehead atoms. The summed E-state index contributed by atoms with van der Waals surface area (Å²) in [5.74, 6) is 0.861. The summed E-state index contributed by atoms with van der Waals surface area (Å²) in [6.07, 6.45) is 41.7. The van der Waals surface area contributed by atoms with Crippen LogP contribution in [0.5, 0.6) is 0 Å². The summed E-state index contributed by atoms with van der Waals surface area (Å²) < 4.78 is 68.3. The lowest BCUT2D eigenvalue weighted by Gasteiger charge is -2.21. The molecule has 0 heterocycles. The Kier molecular flexibility index (Phi) is 58.5. The van der Waals surface area contributed by atoms with Crippen LogP contribution in [-0.2, 0) is 65.4 Å². The summed E-state index contributed by atoms with van der Waals surface area (Å²) >= 11 is 0. The van der Waals surface area contributed by atoms with Crippen LogP contribution in [-0.4, -0.2) is 96.7 Å². The topological polar surface area (TPSA) is 237 Å². The maximum atomic E-state index is 13.0. The largest absolute Gasteiger partial charge is 0.472 e. The molecule has 3 N–H and O–H groups in total. The second kappa shape index (κ2) is 59.8. The molecule has 0 fully saturated rings. The minimum atomic E-state index is -4.95. The van der Waals surface area contributed by atoms with Crippen molar-refractivity contribution in [3.05, 3.63) is 0 Å². The van der Waals surface area contributed by atoms with Gasteiger partial charge in [-0.15, -0.1) is 0 Å². The molecule has 0 aromatic heterocycles. The molecule has 0 aromatic carbocycles. The molecule has 0 aliphatic heterocycles. The van der Waals surface area contributed by atoms with Crippen molar-refractivity contribution < 1.29 is 80.2 Å². The molecule has 0 radical (unpaired) electrons. The number of phosphoric ester groups is 2. The van der Waals surface area contributed by atoms with E-state index in [0.29, 0.717) is 31.6 Å². The lowest BCUT2D eigenvalue weighted by molar-refractivity contribution is -0.161. The van der Waals surface area contributed by atoms with Gasteiger partial charge in [0.1, 0.15) is 19.3 Å². The minimum absolute atomic E-state index is 0.105. The van der Waals surface area contributed by atoms with E-state index in [4.69, 9.17) is 37.0 Å². The normalized spacial score (nSPS) is 14.6. The molecule has 3 unspecified atom stereocenters. The first-order valence-electron chi connectivity index (χ1n) is 36.2. The van der Waals surface area contributed by atoms with Crippen molar-refractivity contribution in [2.24, 2.45) is 23.7 Å². The van der Waals surface area contributed by atoms with Gasteiger partial charge in [0.15, 0.2) is 12.2 Å². The van der Waals surface area contributed by atoms with Crippen LogP contribution in [0.1, 0.15) is 344 Å². The summed E-state index contributed by atoms with van der Waals surface area (Å²) in [5, 5.41) is 10.6.